The standard InChI is InChI=1S/C14H18ClN3O2/c1-17(11-7-9-5-6-10(8-11)16-9)14-12(15)3-2-4-13(14)18(19)20/h2-4,9-11,16H,5-8H2,1H3. The number of para-hydroxylation sites is 1. The molecule has 1 aromatic carbocycles. The molecule has 0 amide bonds. The van der Waals surface area contributed by atoms with Crippen molar-refractivity contribution in [3.8, 4) is 0 Å². The lowest BCUT2D eigenvalue weighted by molar-refractivity contribution is -0.384. The van der Waals surface area contributed by atoms with Crippen molar-refractivity contribution in [2.24, 2.45) is 0 Å². The smallest absolute Gasteiger partial charge is 0.294 e. The van der Waals surface area contributed by atoms with Crippen LogP contribution in [0.3, 0.4) is 0 Å². The number of nitro groups is 1. The SMILES string of the molecule is CN(c1c(Cl)cccc1[N+](=O)[O-])C1CC2CCC(C1)N2. The normalized spacial score (nSPS) is 28.4. The van der Waals surface area contributed by atoms with Gasteiger partial charge in [-0.05, 0) is 31.7 Å². The molecule has 2 bridgehead atoms. The van der Waals surface area contributed by atoms with Crippen molar-refractivity contribution in [2.45, 2.75) is 43.8 Å². The molecular formula is C14H18ClN3O2. The molecule has 0 spiro atoms. The molecule has 20 heavy (non-hydrogen) atoms. The van der Waals surface area contributed by atoms with Crippen LogP contribution in [0.25, 0.3) is 0 Å². The maximum absolute atomic E-state index is 11.2. The number of anilines is 1. The van der Waals surface area contributed by atoms with Crippen LogP contribution in [0.4, 0.5) is 11.4 Å². The number of fused-ring (bicyclic) bond motifs is 2. The van der Waals surface area contributed by atoms with E-state index < -0.39 is 0 Å². The van der Waals surface area contributed by atoms with E-state index in [-0.39, 0.29) is 10.6 Å². The molecular weight excluding hydrogens is 278 g/mol. The lowest BCUT2D eigenvalue weighted by Crippen LogP contribution is -2.47. The Morgan fingerprint density at radius 3 is 2.60 bits per heavy atom. The average molecular weight is 296 g/mol. The van der Waals surface area contributed by atoms with Gasteiger partial charge in [0.15, 0.2) is 0 Å². The highest BCUT2D eigenvalue weighted by Crippen LogP contribution is 2.39. The van der Waals surface area contributed by atoms with E-state index in [1.165, 1.54) is 18.9 Å². The molecule has 1 aromatic rings. The van der Waals surface area contributed by atoms with Gasteiger partial charge in [0.2, 0.25) is 0 Å². The predicted octanol–water partition coefficient (Wildman–Crippen LogP) is 2.97. The van der Waals surface area contributed by atoms with Crippen LogP contribution in [0.15, 0.2) is 18.2 Å². The molecule has 0 aromatic heterocycles. The van der Waals surface area contributed by atoms with Crippen LogP contribution >= 0.6 is 11.6 Å². The highest BCUT2D eigenvalue weighted by Gasteiger charge is 2.36. The Morgan fingerprint density at radius 1 is 1.35 bits per heavy atom. The van der Waals surface area contributed by atoms with Crippen LogP contribution in [0.5, 0.6) is 0 Å². The third-order valence-electron chi connectivity index (χ3n) is 4.51. The Morgan fingerprint density at radius 2 is 2.00 bits per heavy atom. The third-order valence-corrected chi connectivity index (χ3v) is 4.82. The first-order chi connectivity index (χ1) is 9.56. The van der Waals surface area contributed by atoms with Crippen LogP contribution in [0.2, 0.25) is 5.02 Å². The zero-order valence-electron chi connectivity index (χ0n) is 11.4. The van der Waals surface area contributed by atoms with Gasteiger partial charge in [-0.25, -0.2) is 0 Å². The first kappa shape index (κ1) is 13.6. The fourth-order valence-electron chi connectivity index (χ4n) is 3.53. The fraction of sp³-hybridized carbons (Fsp3) is 0.571. The van der Waals surface area contributed by atoms with E-state index in [9.17, 15) is 10.1 Å². The highest BCUT2D eigenvalue weighted by molar-refractivity contribution is 6.33. The molecule has 2 aliphatic heterocycles. The number of nitro benzene ring substituents is 1. The number of hydrogen-bond donors (Lipinski definition) is 1. The van der Waals surface area contributed by atoms with Crippen molar-refractivity contribution < 1.29 is 4.92 Å². The van der Waals surface area contributed by atoms with E-state index in [0.717, 1.165) is 12.8 Å². The maximum atomic E-state index is 11.2. The van der Waals surface area contributed by atoms with Gasteiger partial charge < -0.3 is 10.2 Å². The summed E-state index contributed by atoms with van der Waals surface area (Å²) in [5.41, 5.74) is 0.636. The van der Waals surface area contributed by atoms with E-state index in [1.807, 2.05) is 11.9 Å². The minimum atomic E-state index is -0.354. The quantitative estimate of drug-likeness (QED) is 0.688. The molecule has 3 rings (SSSR count). The molecule has 2 saturated heterocycles. The number of nitrogens with one attached hydrogen (secondary N) is 1. The lowest BCUT2D eigenvalue weighted by Gasteiger charge is -2.36. The molecule has 0 saturated carbocycles. The van der Waals surface area contributed by atoms with Crippen LogP contribution < -0.4 is 10.2 Å². The minimum Gasteiger partial charge on any atom is -0.365 e. The second-order valence-corrected chi connectivity index (χ2v) is 6.15. The van der Waals surface area contributed by atoms with E-state index in [1.54, 1.807) is 12.1 Å². The molecule has 108 valence electrons. The number of benzene rings is 1. The Kier molecular flexibility index (Phi) is 3.56. The molecule has 2 atom stereocenters. The molecule has 2 unspecified atom stereocenters. The summed E-state index contributed by atoms with van der Waals surface area (Å²) in [7, 11) is 1.92. The van der Waals surface area contributed by atoms with Crippen LogP contribution in [0, 0.1) is 10.1 Å². The van der Waals surface area contributed by atoms with Crippen LogP contribution in [-0.4, -0.2) is 30.1 Å². The van der Waals surface area contributed by atoms with Gasteiger partial charge in [-0.2, -0.15) is 0 Å². The zero-order valence-corrected chi connectivity index (χ0v) is 12.1. The fourth-order valence-corrected chi connectivity index (χ4v) is 3.83. The maximum Gasteiger partial charge on any atom is 0.294 e. The number of hydrogen-bond acceptors (Lipinski definition) is 4. The van der Waals surface area contributed by atoms with E-state index >= 15 is 0 Å². The van der Waals surface area contributed by atoms with Gasteiger partial charge in [0.05, 0.1) is 9.95 Å². The molecule has 1 N–H and O–H groups in total. The Bertz CT molecular complexity index is 525. The molecule has 2 heterocycles. The van der Waals surface area contributed by atoms with E-state index in [4.69, 9.17) is 11.6 Å². The van der Waals surface area contributed by atoms with E-state index in [0.29, 0.717) is 28.8 Å². The molecule has 2 fully saturated rings. The zero-order chi connectivity index (χ0) is 14.3. The van der Waals surface area contributed by atoms with Crippen LogP contribution in [0.1, 0.15) is 25.7 Å². The summed E-state index contributed by atoms with van der Waals surface area (Å²) in [6, 6.07) is 6.27. The van der Waals surface area contributed by atoms with Crippen molar-refractivity contribution in [2.75, 3.05) is 11.9 Å². The first-order valence-electron chi connectivity index (χ1n) is 6.98. The number of piperidine rings is 1. The largest absolute Gasteiger partial charge is 0.365 e. The van der Waals surface area contributed by atoms with Crippen molar-refractivity contribution in [1.82, 2.24) is 5.32 Å². The van der Waals surface area contributed by atoms with Crippen molar-refractivity contribution in [1.29, 1.82) is 0 Å². The van der Waals surface area contributed by atoms with E-state index in [2.05, 4.69) is 5.32 Å². The summed E-state index contributed by atoms with van der Waals surface area (Å²) in [4.78, 5) is 12.9. The van der Waals surface area contributed by atoms with Gasteiger partial charge in [0.1, 0.15) is 5.69 Å². The molecule has 2 aliphatic rings. The van der Waals surface area contributed by atoms with Gasteiger partial charge in [0.25, 0.3) is 5.69 Å². The first-order valence-corrected chi connectivity index (χ1v) is 7.36. The van der Waals surface area contributed by atoms with Gasteiger partial charge in [0, 0.05) is 31.2 Å². The van der Waals surface area contributed by atoms with Gasteiger partial charge in [-0.15, -0.1) is 0 Å². The van der Waals surface area contributed by atoms with Gasteiger partial charge >= 0.3 is 0 Å². The second-order valence-electron chi connectivity index (χ2n) is 5.74. The minimum absolute atomic E-state index is 0.0888. The van der Waals surface area contributed by atoms with Crippen molar-refractivity contribution in [3.63, 3.8) is 0 Å². The molecule has 5 nitrogen and oxygen atoms in total. The molecule has 0 radical (unpaired) electrons. The Labute approximate surface area is 123 Å². The second kappa shape index (κ2) is 5.22. The van der Waals surface area contributed by atoms with Crippen LogP contribution in [-0.2, 0) is 0 Å². The predicted molar refractivity (Wildman–Crippen MR) is 79.5 cm³/mol. The number of nitrogens with zero attached hydrogens (tertiary/aromatic N) is 2. The lowest BCUT2D eigenvalue weighted by atomic mass is 9.98. The number of halogens is 1. The summed E-state index contributed by atoms with van der Waals surface area (Å²) < 4.78 is 0. The summed E-state index contributed by atoms with van der Waals surface area (Å²) in [6.45, 7) is 0. The summed E-state index contributed by atoms with van der Waals surface area (Å²) >= 11 is 6.21. The summed E-state index contributed by atoms with van der Waals surface area (Å²) in [5, 5.41) is 15.2. The number of rotatable bonds is 3. The monoisotopic (exact) mass is 295 g/mol. The van der Waals surface area contributed by atoms with Gasteiger partial charge in [-0.3, -0.25) is 10.1 Å². The van der Waals surface area contributed by atoms with Crippen molar-refractivity contribution >= 4 is 23.0 Å². The topological polar surface area (TPSA) is 58.4 Å². The molecule has 6 heteroatoms. The summed E-state index contributed by atoms with van der Waals surface area (Å²) in [5.74, 6) is 0. The van der Waals surface area contributed by atoms with Gasteiger partial charge in [-0.1, -0.05) is 17.7 Å². The van der Waals surface area contributed by atoms with Crippen molar-refractivity contribution in [3.05, 3.63) is 33.3 Å². The average Bonchev–Trinajstić information content (AvgIpc) is 2.76. The summed E-state index contributed by atoms with van der Waals surface area (Å²) in [6.07, 6.45) is 4.46. The Balaban J connectivity index is 1.90. The Hall–Kier alpha value is -1.33. The third kappa shape index (κ3) is 2.36. The molecule has 0 aliphatic carbocycles. The highest BCUT2D eigenvalue weighted by atomic mass is 35.5.